The van der Waals surface area contributed by atoms with Crippen molar-refractivity contribution < 1.29 is 14.6 Å². The Hall–Kier alpha value is -1.59. The molecule has 0 unspecified atom stereocenters. The van der Waals surface area contributed by atoms with Gasteiger partial charge in [-0.1, -0.05) is 37.3 Å². The minimum Gasteiger partial charge on any atom is -0.445 e. The number of hydrogen-bond donors (Lipinski definition) is 1. The number of benzene rings is 1. The summed E-state index contributed by atoms with van der Waals surface area (Å²) in [5.41, 5.74) is 1.00. The number of likely N-dealkylation sites (N-methyl/N-ethyl adjacent to an activating group) is 1. The van der Waals surface area contributed by atoms with E-state index in [1.54, 1.807) is 0 Å². The van der Waals surface area contributed by atoms with Crippen molar-refractivity contribution in [2.75, 3.05) is 32.8 Å². The zero-order chi connectivity index (χ0) is 15.8. The van der Waals surface area contributed by atoms with Crippen LogP contribution in [0.3, 0.4) is 0 Å². The molecule has 1 aliphatic rings. The molecular formula is C17H26N2O3. The maximum Gasteiger partial charge on any atom is 0.410 e. The van der Waals surface area contributed by atoms with Crippen molar-refractivity contribution in [3.63, 3.8) is 0 Å². The quantitative estimate of drug-likeness (QED) is 0.838. The van der Waals surface area contributed by atoms with Crippen LogP contribution in [-0.4, -0.2) is 59.8 Å². The fourth-order valence-corrected chi connectivity index (χ4v) is 2.89. The standard InChI is InChI=1S/C17H26N2O3/c1-2-18(11-12-20)13-16-9-6-10-19(16)17(21)22-14-15-7-4-3-5-8-15/h3-5,7-8,16,20H,2,6,9-14H2,1H3/t16-/m0/s1. The maximum absolute atomic E-state index is 12.3. The van der Waals surface area contributed by atoms with Gasteiger partial charge in [0.2, 0.25) is 0 Å². The highest BCUT2D eigenvalue weighted by Crippen LogP contribution is 2.19. The average molecular weight is 306 g/mol. The van der Waals surface area contributed by atoms with Crippen molar-refractivity contribution in [1.82, 2.24) is 9.80 Å². The van der Waals surface area contributed by atoms with Crippen LogP contribution >= 0.6 is 0 Å². The zero-order valence-electron chi connectivity index (χ0n) is 13.3. The Morgan fingerprint density at radius 1 is 1.41 bits per heavy atom. The van der Waals surface area contributed by atoms with Crippen LogP contribution < -0.4 is 0 Å². The maximum atomic E-state index is 12.3. The van der Waals surface area contributed by atoms with Gasteiger partial charge >= 0.3 is 6.09 Å². The molecule has 0 aliphatic carbocycles. The first-order valence-corrected chi connectivity index (χ1v) is 8.05. The highest BCUT2D eigenvalue weighted by molar-refractivity contribution is 5.68. The number of likely N-dealkylation sites (tertiary alicyclic amines) is 1. The van der Waals surface area contributed by atoms with E-state index in [0.29, 0.717) is 13.2 Å². The molecule has 1 fully saturated rings. The van der Waals surface area contributed by atoms with E-state index >= 15 is 0 Å². The molecule has 0 radical (unpaired) electrons. The van der Waals surface area contributed by atoms with E-state index in [0.717, 1.165) is 38.0 Å². The van der Waals surface area contributed by atoms with Gasteiger partial charge in [0.05, 0.1) is 6.61 Å². The summed E-state index contributed by atoms with van der Waals surface area (Å²) in [5, 5.41) is 9.08. The van der Waals surface area contributed by atoms with Crippen LogP contribution in [-0.2, 0) is 11.3 Å². The summed E-state index contributed by atoms with van der Waals surface area (Å²) >= 11 is 0. The van der Waals surface area contributed by atoms with E-state index in [9.17, 15) is 4.79 Å². The third-order valence-corrected chi connectivity index (χ3v) is 4.15. The number of rotatable bonds is 7. The van der Waals surface area contributed by atoms with E-state index < -0.39 is 0 Å². The van der Waals surface area contributed by atoms with Gasteiger partial charge in [-0.2, -0.15) is 0 Å². The van der Waals surface area contributed by atoms with Gasteiger partial charge < -0.3 is 14.7 Å². The van der Waals surface area contributed by atoms with Gasteiger partial charge in [0.15, 0.2) is 0 Å². The predicted molar refractivity (Wildman–Crippen MR) is 85.6 cm³/mol. The van der Waals surface area contributed by atoms with Crippen LogP contribution in [0.15, 0.2) is 30.3 Å². The molecule has 5 nitrogen and oxygen atoms in total. The second kappa shape index (κ2) is 8.76. The third kappa shape index (κ3) is 4.71. The molecule has 1 heterocycles. The first-order chi connectivity index (χ1) is 10.7. The predicted octanol–water partition coefficient (Wildman–Crippen LogP) is 2.10. The van der Waals surface area contributed by atoms with Crippen LogP contribution in [0.2, 0.25) is 0 Å². The number of carbonyl (C=O) groups excluding carboxylic acids is 1. The molecule has 0 bridgehead atoms. The van der Waals surface area contributed by atoms with E-state index in [1.807, 2.05) is 35.2 Å². The van der Waals surface area contributed by atoms with Crippen LogP contribution in [0.4, 0.5) is 4.79 Å². The summed E-state index contributed by atoms with van der Waals surface area (Å²) in [6.45, 7) is 5.63. The SMILES string of the molecule is CCN(CCO)C[C@@H]1CCCN1C(=O)OCc1ccccc1. The first kappa shape index (κ1) is 16.8. The summed E-state index contributed by atoms with van der Waals surface area (Å²) in [4.78, 5) is 16.3. The molecule has 0 saturated carbocycles. The normalized spacial score (nSPS) is 18.0. The van der Waals surface area contributed by atoms with Crippen LogP contribution in [0.5, 0.6) is 0 Å². The van der Waals surface area contributed by atoms with Crippen molar-refractivity contribution >= 4 is 6.09 Å². The molecule has 2 rings (SSSR count). The van der Waals surface area contributed by atoms with Crippen molar-refractivity contribution in [1.29, 1.82) is 0 Å². The topological polar surface area (TPSA) is 53.0 Å². The number of amides is 1. The molecule has 0 spiro atoms. The Morgan fingerprint density at radius 2 is 2.18 bits per heavy atom. The molecule has 1 aromatic rings. The first-order valence-electron chi connectivity index (χ1n) is 8.05. The molecule has 1 N–H and O–H groups in total. The lowest BCUT2D eigenvalue weighted by Crippen LogP contribution is -2.44. The van der Waals surface area contributed by atoms with Gasteiger partial charge in [-0.05, 0) is 24.9 Å². The molecule has 122 valence electrons. The van der Waals surface area contributed by atoms with Crippen molar-refractivity contribution in [3.8, 4) is 0 Å². The lowest BCUT2D eigenvalue weighted by molar-refractivity contribution is 0.0823. The number of aliphatic hydroxyl groups is 1. The van der Waals surface area contributed by atoms with Gasteiger partial charge in [-0.15, -0.1) is 0 Å². The third-order valence-electron chi connectivity index (χ3n) is 4.15. The highest BCUT2D eigenvalue weighted by atomic mass is 16.6. The van der Waals surface area contributed by atoms with E-state index in [4.69, 9.17) is 9.84 Å². The van der Waals surface area contributed by atoms with Crippen molar-refractivity contribution in [2.24, 2.45) is 0 Å². The van der Waals surface area contributed by atoms with Gasteiger partial charge in [-0.25, -0.2) is 4.79 Å². The minimum atomic E-state index is -0.230. The Kier molecular flexibility index (Phi) is 6.68. The molecule has 1 amide bonds. The highest BCUT2D eigenvalue weighted by Gasteiger charge is 2.30. The average Bonchev–Trinajstić information content (AvgIpc) is 3.01. The van der Waals surface area contributed by atoms with Crippen LogP contribution in [0, 0.1) is 0 Å². The molecule has 1 aromatic carbocycles. The summed E-state index contributed by atoms with van der Waals surface area (Å²) in [6.07, 6.45) is 1.79. The van der Waals surface area contributed by atoms with Gasteiger partial charge in [-0.3, -0.25) is 4.90 Å². The molecular weight excluding hydrogens is 280 g/mol. The fourth-order valence-electron chi connectivity index (χ4n) is 2.89. The lowest BCUT2D eigenvalue weighted by atomic mass is 10.2. The van der Waals surface area contributed by atoms with Crippen LogP contribution in [0.25, 0.3) is 0 Å². The Labute approximate surface area is 132 Å². The Morgan fingerprint density at radius 3 is 2.86 bits per heavy atom. The molecule has 0 aromatic heterocycles. The van der Waals surface area contributed by atoms with Crippen LogP contribution in [0.1, 0.15) is 25.3 Å². The number of nitrogens with zero attached hydrogens (tertiary/aromatic N) is 2. The monoisotopic (exact) mass is 306 g/mol. The molecule has 1 aliphatic heterocycles. The molecule has 1 saturated heterocycles. The van der Waals surface area contributed by atoms with Crippen molar-refractivity contribution in [3.05, 3.63) is 35.9 Å². The summed E-state index contributed by atoms with van der Waals surface area (Å²) < 4.78 is 5.44. The smallest absolute Gasteiger partial charge is 0.410 e. The number of aliphatic hydroxyl groups excluding tert-OH is 1. The zero-order valence-corrected chi connectivity index (χ0v) is 13.3. The summed E-state index contributed by atoms with van der Waals surface area (Å²) in [7, 11) is 0. The second-order valence-corrected chi connectivity index (χ2v) is 5.65. The van der Waals surface area contributed by atoms with E-state index in [2.05, 4.69) is 11.8 Å². The van der Waals surface area contributed by atoms with Gasteiger partial charge in [0.25, 0.3) is 0 Å². The van der Waals surface area contributed by atoms with Crippen molar-refractivity contribution in [2.45, 2.75) is 32.4 Å². The molecule has 5 heteroatoms. The second-order valence-electron chi connectivity index (χ2n) is 5.65. The Bertz CT molecular complexity index is 452. The molecule has 22 heavy (non-hydrogen) atoms. The van der Waals surface area contributed by atoms with Gasteiger partial charge in [0.1, 0.15) is 6.61 Å². The number of ether oxygens (including phenoxy) is 1. The number of carbonyl (C=O) groups is 1. The summed E-state index contributed by atoms with van der Waals surface area (Å²) in [5.74, 6) is 0. The van der Waals surface area contributed by atoms with E-state index in [1.165, 1.54) is 0 Å². The molecule has 1 atom stereocenters. The Balaban J connectivity index is 1.85. The summed E-state index contributed by atoms with van der Waals surface area (Å²) in [6, 6.07) is 9.92. The number of hydrogen-bond acceptors (Lipinski definition) is 4. The van der Waals surface area contributed by atoms with E-state index in [-0.39, 0.29) is 18.7 Å². The largest absolute Gasteiger partial charge is 0.445 e. The lowest BCUT2D eigenvalue weighted by Gasteiger charge is -2.29. The minimum absolute atomic E-state index is 0.152. The van der Waals surface area contributed by atoms with Gasteiger partial charge in [0, 0.05) is 25.7 Å². The fraction of sp³-hybridized carbons (Fsp3) is 0.588.